The quantitative estimate of drug-likeness (QED) is 0.433. The van der Waals surface area contributed by atoms with Crippen molar-refractivity contribution in [2.24, 2.45) is 5.92 Å². The summed E-state index contributed by atoms with van der Waals surface area (Å²) in [5, 5.41) is 0. The third-order valence-corrected chi connectivity index (χ3v) is 6.82. The maximum absolute atomic E-state index is 13.6. The highest BCUT2D eigenvalue weighted by atomic mass is 19.4. The summed E-state index contributed by atoms with van der Waals surface area (Å²) in [5.41, 5.74) is 1.57. The van der Waals surface area contributed by atoms with Gasteiger partial charge in [0.2, 0.25) is 0 Å². The number of piperidine rings is 1. The third kappa shape index (κ3) is 4.86. The van der Waals surface area contributed by atoms with Crippen LogP contribution >= 0.6 is 0 Å². The van der Waals surface area contributed by atoms with Crippen LogP contribution in [0.15, 0.2) is 36.4 Å². The van der Waals surface area contributed by atoms with Crippen LogP contribution in [0.3, 0.4) is 0 Å². The molecule has 0 saturated carbocycles. The number of benzene rings is 2. The van der Waals surface area contributed by atoms with Crippen molar-refractivity contribution >= 4 is 11.0 Å². The van der Waals surface area contributed by atoms with E-state index in [2.05, 4.69) is 9.47 Å². The van der Waals surface area contributed by atoms with Gasteiger partial charge < -0.3 is 9.30 Å². The molecule has 0 radical (unpaired) electrons. The lowest BCUT2D eigenvalue weighted by atomic mass is 9.90. The number of hydrogen-bond donors (Lipinski definition) is 0. The lowest BCUT2D eigenvalue weighted by Crippen LogP contribution is -2.34. The Balaban J connectivity index is 1.13. The lowest BCUT2D eigenvalue weighted by Gasteiger charge is -2.32. The second kappa shape index (κ2) is 8.97. The fraction of sp³-hybridized carbons (Fsp3) is 0.480. The number of hydrogen-bond acceptors (Lipinski definition) is 3. The van der Waals surface area contributed by atoms with Crippen molar-refractivity contribution in [2.75, 3.05) is 19.7 Å². The molecule has 1 saturated heterocycles. The number of para-hydroxylation sites is 1. The predicted molar refractivity (Wildman–Crippen MR) is 118 cm³/mol. The lowest BCUT2D eigenvalue weighted by molar-refractivity contribution is -0.137. The molecule has 4 nitrogen and oxygen atoms in total. The number of rotatable bonds is 6. The van der Waals surface area contributed by atoms with Gasteiger partial charge in [-0.25, -0.2) is 9.37 Å². The molecule has 0 aliphatic carbocycles. The van der Waals surface area contributed by atoms with Crippen molar-refractivity contribution in [2.45, 2.75) is 51.4 Å². The first-order chi connectivity index (χ1) is 15.9. The topological polar surface area (TPSA) is 30.3 Å². The molecule has 0 spiro atoms. The Labute approximate surface area is 190 Å². The molecule has 2 aliphatic rings. The zero-order valence-electron chi connectivity index (χ0n) is 18.4. The first-order valence-corrected chi connectivity index (χ1v) is 11.6. The van der Waals surface area contributed by atoms with E-state index >= 15 is 0 Å². The molecule has 176 valence electrons. The molecular formula is C25H27F4N3O. The second-order valence-electron chi connectivity index (χ2n) is 9.11. The zero-order chi connectivity index (χ0) is 23.0. The largest absolute Gasteiger partial charge is 0.489 e. The highest BCUT2D eigenvalue weighted by Gasteiger charge is 2.31. The molecule has 0 N–H and O–H groups in total. The number of halogens is 4. The maximum Gasteiger partial charge on any atom is 0.416 e. The molecule has 2 aliphatic heterocycles. The average Bonchev–Trinajstić information content (AvgIpc) is 3.13. The third-order valence-electron chi connectivity index (χ3n) is 6.82. The molecule has 1 aromatic heterocycles. The maximum atomic E-state index is 13.6. The summed E-state index contributed by atoms with van der Waals surface area (Å²) in [4.78, 5) is 7.27. The highest BCUT2D eigenvalue weighted by molar-refractivity contribution is 5.83. The van der Waals surface area contributed by atoms with E-state index in [1.165, 1.54) is 6.07 Å². The highest BCUT2D eigenvalue weighted by Crippen LogP contribution is 2.32. The molecule has 0 unspecified atom stereocenters. The van der Waals surface area contributed by atoms with Crippen LogP contribution in [0.2, 0.25) is 0 Å². The van der Waals surface area contributed by atoms with E-state index in [4.69, 9.17) is 9.72 Å². The molecule has 2 aromatic carbocycles. The SMILES string of the molecule is Fc1cc(CCCC2CCN(Cc3nc4cccc5c4n3CCO5)CC2)cc(C(F)(F)F)c1. The number of likely N-dealkylation sites (tertiary alicyclic amines) is 1. The van der Waals surface area contributed by atoms with Crippen molar-refractivity contribution in [1.82, 2.24) is 14.5 Å². The molecule has 8 heteroatoms. The summed E-state index contributed by atoms with van der Waals surface area (Å²) in [6.45, 7) is 4.25. The molecule has 3 aromatic rings. The molecule has 0 amide bonds. The Morgan fingerprint density at radius 3 is 2.67 bits per heavy atom. The van der Waals surface area contributed by atoms with E-state index in [1.807, 2.05) is 18.2 Å². The molecule has 1 fully saturated rings. The van der Waals surface area contributed by atoms with Gasteiger partial charge >= 0.3 is 6.18 Å². The van der Waals surface area contributed by atoms with E-state index in [0.29, 0.717) is 30.6 Å². The Morgan fingerprint density at radius 1 is 1.06 bits per heavy atom. The van der Waals surface area contributed by atoms with Crippen LogP contribution in [0.4, 0.5) is 17.6 Å². The summed E-state index contributed by atoms with van der Waals surface area (Å²) in [6.07, 6.45) is -0.209. The molecule has 0 atom stereocenters. The van der Waals surface area contributed by atoms with Gasteiger partial charge in [0.05, 0.1) is 24.2 Å². The summed E-state index contributed by atoms with van der Waals surface area (Å²) < 4.78 is 60.3. The minimum absolute atomic E-state index is 0.420. The molecule has 0 bridgehead atoms. The van der Waals surface area contributed by atoms with Gasteiger partial charge in [0.15, 0.2) is 0 Å². The van der Waals surface area contributed by atoms with Crippen molar-refractivity contribution in [3.8, 4) is 5.75 Å². The smallest absolute Gasteiger partial charge is 0.416 e. The van der Waals surface area contributed by atoms with Gasteiger partial charge in [0.25, 0.3) is 0 Å². The van der Waals surface area contributed by atoms with Crippen molar-refractivity contribution in [1.29, 1.82) is 0 Å². The number of imidazole rings is 1. The van der Waals surface area contributed by atoms with Gasteiger partial charge in [-0.15, -0.1) is 0 Å². The summed E-state index contributed by atoms with van der Waals surface area (Å²) >= 11 is 0. The fourth-order valence-electron chi connectivity index (χ4n) is 5.11. The van der Waals surface area contributed by atoms with Crippen LogP contribution in [-0.2, 0) is 25.7 Å². The van der Waals surface area contributed by atoms with E-state index in [-0.39, 0.29) is 0 Å². The van der Waals surface area contributed by atoms with Crippen molar-refractivity contribution in [3.05, 3.63) is 59.2 Å². The van der Waals surface area contributed by atoms with Crippen LogP contribution in [0.5, 0.6) is 5.75 Å². The number of alkyl halides is 3. The Bertz CT molecular complexity index is 1130. The van der Waals surface area contributed by atoms with Crippen LogP contribution < -0.4 is 4.74 Å². The van der Waals surface area contributed by atoms with Crippen LogP contribution in [0.25, 0.3) is 11.0 Å². The van der Waals surface area contributed by atoms with Gasteiger partial charge in [-0.3, -0.25) is 4.90 Å². The number of nitrogens with zero attached hydrogens (tertiary/aromatic N) is 3. The molecule has 5 rings (SSSR count). The Kier molecular flexibility index (Phi) is 6.03. The number of aromatic nitrogens is 2. The van der Waals surface area contributed by atoms with Crippen molar-refractivity contribution in [3.63, 3.8) is 0 Å². The normalized spacial score (nSPS) is 17.5. The van der Waals surface area contributed by atoms with Gasteiger partial charge in [-0.1, -0.05) is 12.5 Å². The van der Waals surface area contributed by atoms with E-state index in [1.54, 1.807) is 0 Å². The molecule has 3 heterocycles. The zero-order valence-corrected chi connectivity index (χ0v) is 18.4. The molecular weight excluding hydrogens is 434 g/mol. The van der Waals surface area contributed by atoms with Crippen LogP contribution in [0.1, 0.15) is 42.6 Å². The Morgan fingerprint density at radius 2 is 1.88 bits per heavy atom. The summed E-state index contributed by atoms with van der Waals surface area (Å²) in [6, 6.07) is 8.84. The first kappa shape index (κ1) is 22.2. The minimum Gasteiger partial charge on any atom is -0.489 e. The van der Waals surface area contributed by atoms with E-state index in [0.717, 1.165) is 80.5 Å². The van der Waals surface area contributed by atoms with E-state index in [9.17, 15) is 17.6 Å². The minimum atomic E-state index is -4.52. The van der Waals surface area contributed by atoms with Gasteiger partial charge in [-0.05, 0) is 80.6 Å². The Hall–Kier alpha value is -2.61. The van der Waals surface area contributed by atoms with E-state index < -0.39 is 17.6 Å². The number of aryl methyl sites for hydroxylation is 1. The van der Waals surface area contributed by atoms with Gasteiger partial charge in [-0.2, -0.15) is 13.2 Å². The summed E-state index contributed by atoms with van der Waals surface area (Å²) in [5.74, 6) is 1.70. The summed E-state index contributed by atoms with van der Waals surface area (Å²) in [7, 11) is 0. The van der Waals surface area contributed by atoms with Gasteiger partial charge in [0.1, 0.15) is 29.5 Å². The van der Waals surface area contributed by atoms with Crippen molar-refractivity contribution < 1.29 is 22.3 Å². The predicted octanol–water partition coefficient (Wildman–Crippen LogP) is 5.82. The second-order valence-corrected chi connectivity index (χ2v) is 9.11. The van der Waals surface area contributed by atoms with Gasteiger partial charge in [0, 0.05) is 0 Å². The fourth-order valence-corrected chi connectivity index (χ4v) is 5.11. The monoisotopic (exact) mass is 461 g/mol. The molecule has 33 heavy (non-hydrogen) atoms. The first-order valence-electron chi connectivity index (χ1n) is 11.6. The average molecular weight is 462 g/mol. The standard InChI is InChI=1S/C25H27F4N3O/c26-20-14-18(13-19(15-20)25(27,28)29)4-1-3-17-7-9-31(10-8-17)16-23-30-21-5-2-6-22-24(21)32(23)11-12-33-22/h2,5-6,13-15,17H,1,3-4,7-12,16H2. The van der Waals surface area contributed by atoms with Crippen LogP contribution in [-0.4, -0.2) is 34.1 Å². The number of ether oxygens (including phenoxy) is 1. The van der Waals surface area contributed by atoms with Crippen LogP contribution in [0, 0.1) is 11.7 Å².